The van der Waals surface area contributed by atoms with Gasteiger partial charge in [-0.15, -0.1) is 0 Å². The molecule has 0 bridgehead atoms. The number of rotatable bonds is 7. The summed E-state index contributed by atoms with van der Waals surface area (Å²) < 4.78 is 6.21. The minimum absolute atomic E-state index is 0.0436. The lowest BCUT2D eigenvalue weighted by atomic mass is 10.1. The normalized spacial score (nSPS) is 11.8. The van der Waals surface area contributed by atoms with Gasteiger partial charge in [0.2, 0.25) is 0 Å². The molecular formula is C13H17ClN2O5. The number of aliphatic carboxylic acids is 1. The second-order valence-electron chi connectivity index (χ2n) is 4.36. The van der Waals surface area contributed by atoms with Gasteiger partial charge in [0.05, 0.1) is 11.6 Å². The van der Waals surface area contributed by atoms with Gasteiger partial charge in [-0.05, 0) is 19.4 Å². The van der Waals surface area contributed by atoms with Crippen LogP contribution in [0.25, 0.3) is 0 Å². The molecule has 7 nitrogen and oxygen atoms in total. The van der Waals surface area contributed by atoms with Crippen molar-refractivity contribution in [2.24, 2.45) is 7.05 Å². The Labute approximate surface area is 126 Å². The molecular weight excluding hydrogens is 300 g/mol. The van der Waals surface area contributed by atoms with Crippen molar-refractivity contribution in [3.8, 4) is 0 Å². The fourth-order valence-corrected chi connectivity index (χ4v) is 1.98. The number of carbonyl (C=O) groups is 3. The van der Waals surface area contributed by atoms with Crippen LogP contribution in [0.3, 0.4) is 0 Å². The number of nitrogens with zero attached hydrogens (tertiary/aromatic N) is 1. The van der Waals surface area contributed by atoms with Crippen LogP contribution in [0.15, 0.2) is 12.3 Å². The molecule has 0 fully saturated rings. The van der Waals surface area contributed by atoms with E-state index in [9.17, 15) is 14.4 Å². The fourth-order valence-electron chi connectivity index (χ4n) is 1.73. The van der Waals surface area contributed by atoms with Crippen LogP contribution in [-0.2, 0) is 21.4 Å². The molecule has 1 atom stereocenters. The lowest BCUT2D eigenvalue weighted by Gasteiger charge is -2.14. The summed E-state index contributed by atoms with van der Waals surface area (Å²) in [6.07, 6.45) is 1.40. The molecule has 1 aromatic heterocycles. The Morgan fingerprint density at radius 1 is 1.48 bits per heavy atom. The summed E-state index contributed by atoms with van der Waals surface area (Å²) in [4.78, 5) is 34.4. The zero-order chi connectivity index (χ0) is 16.0. The van der Waals surface area contributed by atoms with Gasteiger partial charge in [-0.2, -0.15) is 0 Å². The molecule has 0 saturated heterocycles. The number of amides is 1. The molecule has 21 heavy (non-hydrogen) atoms. The minimum Gasteiger partial charge on any atom is -0.480 e. The number of hydrogen-bond acceptors (Lipinski definition) is 4. The minimum atomic E-state index is -1.21. The van der Waals surface area contributed by atoms with Gasteiger partial charge in [0.25, 0.3) is 5.91 Å². The van der Waals surface area contributed by atoms with Crippen molar-refractivity contribution in [2.45, 2.75) is 25.8 Å². The van der Waals surface area contributed by atoms with Crippen LogP contribution in [0.1, 0.15) is 30.3 Å². The Balaban J connectivity index is 2.66. The highest BCUT2D eigenvalue weighted by Gasteiger charge is 2.23. The molecule has 0 radical (unpaired) electrons. The Bertz CT molecular complexity index is 541. The van der Waals surface area contributed by atoms with E-state index in [1.54, 1.807) is 14.0 Å². The molecule has 8 heteroatoms. The van der Waals surface area contributed by atoms with Crippen molar-refractivity contribution >= 4 is 29.4 Å². The van der Waals surface area contributed by atoms with Crippen LogP contribution < -0.4 is 5.32 Å². The monoisotopic (exact) mass is 316 g/mol. The molecule has 1 heterocycles. The number of carboxylic acids is 1. The standard InChI is InChI=1S/C13H17ClN2O5/c1-3-21-11(17)5-4-9(13(19)20)15-12(18)10-6-8(14)7-16(10)2/h6-7,9H,3-5H2,1-2H3,(H,15,18)(H,19,20)/t9-/m0/s1. The van der Waals surface area contributed by atoms with E-state index >= 15 is 0 Å². The number of nitrogens with one attached hydrogen (secondary N) is 1. The third kappa shape index (κ3) is 5.11. The van der Waals surface area contributed by atoms with E-state index in [1.807, 2.05) is 0 Å². The predicted molar refractivity (Wildman–Crippen MR) is 75.2 cm³/mol. The maximum atomic E-state index is 12.0. The summed E-state index contributed by atoms with van der Waals surface area (Å²) in [6, 6.07) is 0.261. The van der Waals surface area contributed by atoms with E-state index in [2.05, 4.69) is 5.32 Å². The van der Waals surface area contributed by atoms with Gasteiger partial charge in [-0.1, -0.05) is 11.6 Å². The molecule has 1 rings (SSSR count). The van der Waals surface area contributed by atoms with E-state index in [4.69, 9.17) is 21.4 Å². The summed E-state index contributed by atoms with van der Waals surface area (Å²) in [6.45, 7) is 1.89. The first kappa shape index (κ1) is 17.0. The number of esters is 1. The summed E-state index contributed by atoms with van der Waals surface area (Å²) in [5, 5.41) is 11.8. The third-order valence-corrected chi connectivity index (χ3v) is 2.96. The fraction of sp³-hybridized carbons (Fsp3) is 0.462. The van der Waals surface area contributed by atoms with Crippen LogP contribution in [0.2, 0.25) is 5.02 Å². The Morgan fingerprint density at radius 3 is 2.62 bits per heavy atom. The van der Waals surface area contributed by atoms with Crippen molar-refractivity contribution in [3.63, 3.8) is 0 Å². The molecule has 1 aromatic rings. The van der Waals surface area contributed by atoms with Crippen molar-refractivity contribution in [3.05, 3.63) is 23.0 Å². The topological polar surface area (TPSA) is 97.6 Å². The van der Waals surface area contributed by atoms with Gasteiger partial charge in [0.1, 0.15) is 11.7 Å². The van der Waals surface area contributed by atoms with Crippen LogP contribution in [-0.4, -0.2) is 40.2 Å². The first-order valence-electron chi connectivity index (χ1n) is 6.36. The lowest BCUT2D eigenvalue weighted by molar-refractivity contribution is -0.144. The van der Waals surface area contributed by atoms with Gasteiger partial charge >= 0.3 is 11.9 Å². The number of hydrogen-bond donors (Lipinski definition) is 2. The van der Waals surface area contributed by atoms with Crippen LogP contribution in [0.5, 0.6) is 0 Å². The van der Waals surface area contributed by atoms with E-state index in [0.29, 0.717) is 5.02 Å². The van der Waals surface area contributed by atoms with Crippen LogP contribution in [0, 0.1) is 0 Å². The van der Waals surface area contributed by atoms with Gasteiger partial charge in [0, 0.05) is 19.7 Å². The van der Waals surface area contributed by atoms with E-state index < -0.39 is 23.9 Å². The quantitative estimate of drug-likeness (QED) is 0.737. The first-order valence-corrected chi connectivity index (χ1v) is 6.74. The van der Waals surface area contributed by atoms with E-state index in [0.717, 1.165) is 0 Å². The van der Waals surface area contributed by atoms with E-state index in [1.165, 1.54) is 16.8 Å². The summed E-state index contributed by atoms with van der Waals surface area (Å²) in [5.41, 5.74) is 0.238. The summed E-state index contributed by atoms with van der Waals surface area (Å²) in [7, 11) is 1.62. The molecule has 0 spiro atoms. The summed E-state index contributed by atoms with van der Waals surface area (Å²) >= 11 is 5.77. The molecule has 0 aliphatic rings. The number of carbonyl (C=O) groups excluding carboxylic acids is 2. The van der Waals surface area contributed by atoms with E-state index in [-0.39, 0.29) is 25.1 Å². The second-order valence-corrected chi connectivity index (χ2v) is 4.80. The lowest BCUT2D eigenvalue weighted by Crippen LogP contribution is -2.41. The molecule has 2 N–H and O–H groups in total. The molecule has 1 amide bonds. The van der Waals surface area contributed by atoms with Crippen molar-refractivity contribution in [2.75, 3.05) is 6.61 Å². The van der Waals surface area contributed by atoms with Gasteiger partial charge < -0.3 is 19.7 Å². The molecule has 0 aromatic carbocycles. The van der Waals surface area contributed by atoms with Crippen LogP contribution >= 0.6 is 11.6 Å². The number of carboxylic acid groups (broad SMARTS) is 1. The second kappa shape index (κ2) is 7.68. The highest BCUT2D eigenvalue weighted by atomic mass is 35.5. The largest absolute Gasteiger partial charge is 0.480 e. The maximum Gasteiger partial charge on any atom is 0.326 e. The van der Waals surface area contributed by atoms with Gasteiger partial charge in [-0.25, -0.2) is 4.79 Å². The average Bonchev–Trinajstić information content (AvgIpc) is 2.73. The maximum absolute atomic E-state index is 12.0. The zero-order valence-corrected chi connectivity index (χ0v) is 12.5. The highest BCUT2D eigenvalue weighted by molar-refractivity contribution is 6.31. The first-order chi connectivity index (χ1) is 9.85. The molecule has 0 aliphatic heterocycles. The smallest absolute Gasteiger partial charge is 0.326 e. The summed E-state index contributed by atoms with van der Waals surface area (Å²) in [5.74, 6) is -2.28. The number of halogens is 1. The van der Waals surface area contributed by atoms with Crippen molar-refractivity contribution < 1.29 is 24.2 Å². The van der Waals surface area contributed by atoms with Crippen molar-refractivity contribution in [1.29, 1.82) is 0 Å². The Hall–Kier alpha value is -2.02. The van der Waals surface area contributed by atoms with Crippen molar-refractivity contribution in [1.82, 2.24) is 9.88 Å². The van der Waals surface area contributed by atoms with Gasteiger partial charge in [-0.3, -0.25) is 9.59 Å². The highest BCUT2D eigenvalue weighted by Crippen LogP contribution is 2.13. The molecule has 0 aliphatic carbocycles. The Kier molecular flexibility index (Phi) is 6.23. The molecule has 0 saturated carbocycles. The number of aryl methyl sites for hydroxylation is 1. The SMILES string of the molecule is CCOC(=O)CC[C@H](NC(=O)c1cc(Cl)cn1C)C(=O)O. The van der Waals surface area contributed by atoms with Gasteiger partial charge in [0.15, 0.2) is 0 Å². The Morgan fingerprint density at radius 2 is 2.14 bits per heavy atom. The van der Waals surface area contributed by atoms with Crippen LogP contribution in [0.4, 0.5) is 0 Å². The number of ether oxygens (including phenoxy) is 1. The molecule has 116 valence electrons. The third-order valence-electron chi connectivity index (χ3n) is 2.75. The average molecular weight is 317 g/mol. The molecule has 0 unspecified atom stereocenters. The number of aromatic nitrogens is 1. The zero-order valence-electron chi connectivity index (χ0n) is 11.8. The predicted octanol–water partition coefficient (Wildman–Crippen LogP) is 1.20.